The molecule has 0 bridgehead atoms. The Balaban J connectivity index is 1.39. The van der Waals surface area contributed by atoms with Crippen LogP contribution in [0.3, 0.4) is 0 Å². The molecule has 1 saturated heterocycles. The first-order valence-electron chi connectivity index (χ1n) is 8.06. The molecule has 0 spiro atoms. The van der Waals surface area contributed by atoms with Crippen LogP contribution in [-0.2, 0) is 4.79 Å². The first-order chi connectivity index (χ1) is 12.1. The van der Waals surface area contributed by atoms with Gasteiger partial charge < -0.3 is 19.5 Å². The normalized spacial score (nSPS) is 14.4. The van der Waals surface area contributed by atoms with Gasteiger partial charge in [-0.15, -0.1) is 0 Å². The van der Waals surface area contributed by atoms with Crippen molar-refractivity contribution >= 4 is 29.1 Å². The molecule has 0 radical (unpaired) electrons. The highest BCUT2D eigenvalue weighted by Crippen LogP contribution is 2.10. The number of nitrogens with one attached hydrogen (secondary N) is 1. The van der Waals surface area contributed by atoms with Gasteiger partial charge in [0.15, 0.2) is 5.76 Å². The molecule has 2 aromatic heterocycles. The number of nitrogens with zero attached hydrogens (tertiary/aromatic N) is 2. The maximum absolute atomic E-state index is 12.2. The molecule has 7 nitrogen and oxygen atoms in total. The summed E-state index contributed by atoms with van der Waals surface area (Å²) in [4.78, 5) is 39.6. The van der Waals surface area contributed by atoms with Gasteiger partial charge in [-0.1, -0.05) is 0 Å². The lowest BCUT2D eigenvalue weighted by Gasteiger charge is -2.34. The van der Waals surface area contributed by atoms with Gasteiger partial charge in [-0.25, -0.2) is 0 Å². The van der Waals surface area contributed by atoms with Crippen LogP contribution in [0.15, 0.2) is 39.6 Å². The Morgan fingerprint density at radius 3 is 2.52 bits per heavy atom. The average Bonchev–Trinajstić information content (AvgIpc) is 3.34. The second kappa shape index (κ2) is 7.98. The number of carbonyl (C=O) groups is 3. The van der Waals surface area contributed by atoms with Gasteiger partial charge in [0.2, 0.25) is 5.91 Å². The molecular weight excluding hydrogens is 342 g/mol. The van der Waals surface area contributed by atoms with Crippen LogP contribution in [-0.4, -0.2) is 60.2 Å². The van der Waals surface area contributed by atoms with E-state index in [9.17, 15) is 14.4 Å². The number of thiophene rings is 1. The van der Waals surface area contributed by atoms with Gasteiger partial charge in [-0.3, -0.25) is 14.4 Å². The van der Waals surface area contributed by atoms with E-state index in [1.165, 1.54) is 17.6 Å². The largest absolute Gasteiger partial charge is 0.459 e. The van der Waals surface area contributed by atoms with Crippen LogP contribution in [0.2, 0.25) is 0 Å². The minimum Gasteiger partial charge on any atom is -0.459 e. The molecule has 0 aliphatic carbocycles. The third kappa shape index (κ3) is 4.27. The van der Waals surface area contributed by atoms with Crippen molar-refractivity contribution < 1.29 is 18.8 Å². The highest BCUT2D eigenvalue weighted by atomic mass is 32.1. The molecule has 1 fully saturated rings. The predicted octanol–water partition coefficient (Wildman–Crippen LogP) is 1.45. The zero-order chi connectivity index (χ0) is 17.6. The molecular formula is C17H19N3O4S. The molecule has 1 aliphatic rings. The quantitative estimate of drug-likeness (QED) is 0.874. The van der Waals surface area contributed by atoms with Gasteiger partial charge in [0.1, 0.15) is 0 Å². The van der Waals surface area contributed by atoms with E-state index >= 15 is 0 Å². The van der Waals surface area contributed by atoms with Crippen molar-refractivity contribution in [3.8, 4) is 0 Å². The van der Waals surface area contributed by atoms with Crippen molar-refractivity contribution in [2.75, 3.05) is 32.7 Å². The predicted molar refractivity (Wildman–Crippen MR) is 92.5 cm³/mol. The van der Waals surface area contributed by atoms with Gasteiger partial charge >= 0.3 is 0 Å². The van der Waals surface area contributed by atoms with Crippen molar-refractivity contribution in [2.24, 2.45) is 0 Å². The number of amides is 3. The number of rotatable bonds is 5. The summed E-state index contributed by atoms with van der Waals surface area (Å²) in [5.41, 5.74) is 0.613. The number of hydrogen-bond donors (Lipinski definition) is 1. The second-order valence-electron chi connectivity index (χ2n) is 5.67. The molecule has 0 unspecified atom stereocenters. The SMILES string of the molecule is O=C(NCCC(=O)N1CCN(C(=O)c2ccco2)CC1)c1ccsc1. The molecule has 25 heavy (non-hydrogen) atoms. The van der Waals surface area contributed by atoms with Crippen molar-refractivity contribution in [2.45, 2.75) is 6.42 Å². The third-order valence-electron chi connectivity index (χ3n) is 4.06. The fourth-order valence-corrected chi connectivity index (χ4v) is 3.29. The molecule has 0 atom stereocenters. The highest BCUT2D eigenvalue weighted by Gasteiger charge is 2.25. The Morgan fingerprint density at radius 1 is 1.12 bits per heavy atom. The second-order valence-corrected chi connectivity index (χ2v) is 6.45. The van der Waals surface area contributed by atoms with Gasteiger partial charge in [-0.2, -0.15) is 11.3 Å². The molecule has 2 aromatic rings. The molecule has 3 amide bonds. The first kappa shape index (κ1) is 17.2. The van der Waals surface area contributed by atoms with E-state index in [4.69, 9.17) is 4.42 Å². The van der Waals surface area contributed by atoms with Crippen LogP contribution >= 0.6 is 11.3 Å². The van der Waals surface area contributed by atoms with Crippen molar-refractivity contribution in [3.63, 3.8) is 0 Å². The molecule has 3 heterocycles. The van der Waals surface area contributed by atoms with E-state index in [0.29, 0.717) is 44.0 Å². The van der Waals surface area contributed by atoms with Crippen LogP contribution in [0.4, 0.5) is 0 Å². The zero-order valence-electron chi connectivity index (χ0n) is 13.6. The van der Waals surface area contributed by atoms with E-state index in [1.807, 2.05) is 5.38 Å². The molecule has 0 saturated carbocycles. The summed E-state index contributed by atoms with van der Waals surface area (Å²) in [6.45, 7) is 2.24. The Bertz CT molecular complexity index is 719. The molecule has 3 rings (SSSR count). The summed E-state index contributed by atoms with van der Waals surface area (Å²) in [6, 6.07) is 5.06. The summed E-state index contributed by atoms with van der Waals surface area (Å²) >= 11 is 1.46. The fraction of sp³-hybridized carbons (Fsp3) is 0.353. The van der Waals surface area contributed by atoms with E-state index in [-0.39, 0.29) is 24.1 Å². The van der Waals surface area contributed by atoms with Crippen LogP contribution < -0.4 is 5.32 Å². The van der Waals surface area contributed by atoms with Crippen molar-refractivity contribution in [1.82, 2.24) is 15.1 Å². The van der Waals surface area contributed by atoms with Crippen LogP contribution in [0.1, 0.15) is 27.3 Å². The number of hydrogen-bond acceptors (Lipinski definition) is 5. The lowest BCUT2D eigenvalue weighted by molar-refractivity contribution is -0.132. The Morgan fingerprint density at radius 2 is 1.88 bits per heavy atom. The summed E-state index contributed by atoms with van der Waals surface area (Å²) < 4.78 is 5.12. The van der Waals surface area contributed by atoms with Crippen LogP contribution in [0, 0.1) is 0 Å². The third-order valence-corrected chi connectivity index (χ3v) is 4.74. The van der Waals surface area contributed by atoms with Gasteiger partial charge in [0.05, 0.1) is 6.26 Å². The van der Waals surface area contributed by atoms with Gasteiger partial charge in [-0.05, 0) is 23.6 Å². The average molecular weight is 361 g/mol. The van der Waals surface area contributed by atoms with Crippen molar-refractivity contribution in [1.29, 1.82) is 0 Å². The molecule has 1 aliphatic heterocycles. The minimum absolute atomic E-state index is 0.0179. The van der Waals surface area contributed by atoms with E-state index in [0.717, 1.165) is 0 Å². The van der Waals surface area contributed by atoms with Crippen LogP contribution in [0.25, 0.3) is 0 Å². The van der Waals surface area contributed by atoms with Gasteiger partial charge in [0.25, 0.3) is 11.8 Å². The number of piperazine rings is 1. The van der Waals surface area contributed by atoms with E-state index in [1.54, 1.807) is 33.4 Å². The maximum Gasteiger partial charge on any atom is 0.289 e. The Labute approximate surface area is 149 Å². The van der Waals surface area contributed by atoms with Crippen molar-refractivity contribution in [3.05, 3.63) is 46.5 Å². The lowest BCUT2D eigenvalue weighted by atomic mass is 10.2. The Kier molecular flexibility index (Phi) is 5.49. The first-order valence-corrected chi connectivity index (χ1v) is 9.00. The topological polar surface area (TPSA) is 82.9 Å². The standard InChI is InChI=1S/C17H19N3O4S/c21-15(3-5-18-16(22)13-4-11-25-12-13)19-6-8-20(9-7-19)17(23)14-2-1-10-24-14/h1-2,4,10-12H,3,5-9H2,(H,18,22). The highest BCUT2D eigenvalue weighted by molar-refractivity contribution is 7.08. The monoisotopic (exact) mass is 361 g/mol. The molecule has 1 N–H and O–H groups in total. The maximum atomic E-state index is 12.2. The fourth-order valence-electron chi connectivity index (χ4n) is 2.65. The molecule has 8 heteroatoms. The van der Waals surface area contributed by atoms with Crippen LogP contribution in [0.5, 0.6) is 0 Å². The molecule has 0 aromatic carbocycles. The summed E-state index contributed by atoms with van der Waals surface area (Å²) in [5, 5.41) is 6.35. The number of carbonyl (C=O) groups excluding carboxylic acids is 3. The van der Waals surface area contributed by atoms with E-state index < -0.39 is 0 Å². The van der Waals surface area contributed by atoms with E-state index in [2.05, 4.69) is 5.32 Å². The van der Waals surface area contributed by atoms with Gasteiger partial charge in [0, 0.05) is 50.1 Å². The zero-order valence-corrected chi connectivity index (χ0v) is 14.5. The summed E-state index contributed by atoms with van der Waals surface area (Å²) in [5.74, 6) is -0.0188. The Hall–Kier alpha value is -2.61. The minimum atomic E-state index is -0.164. The summed E-state index contributed by atoms with van der Waals surface area (Å²) in [7, 11) is 0. The smallest absolute Gasteiger partial charge is 0.289 e. The summed E-state index contributed by atoms with van der Waals surface area (Å²) in [6.07, 6.45) is 1.72. The lowest BCUT2D eigenvalue weighted by Crippen LogP contribution is -2.51. The number of furan rings is 1. The molecule has 132 valence electrons.